The van der Waals surface area contributed by atoms with E-state index in [2.05, 4.69) is 254 Å². The molecule has 4 aromatic carbocycles. The van der Waals surface area contributed by atoms with Crippen LogP contribution in [0, 0.1) is 55.4 Å². The molecule has 0 aliphatic rings. The van der Waals surface area contributed by atoms with E-state index in [1.807, 2.05) is 79.8 Å². The van der Waals surface area contributed by atoms with Crippen LogP contribution in [0.3, 0.4) is 0 Å². The molecule has 0 bridgehead atoms. The molecule has 0 N–H and O–H groups in total. The fourth-order valence-electron chi connectivity index (χ4n) is 13.9. The van der Waals surface area contributed by atoms with Crippen molar-refractivity contribution in [2.75, 3.05) is 0 Å². The number of aryl methyl sites for hydroxylation is 12. The first-order valence-corrected chi connectivity index (χ1v) is 36.5. The Balaban J connectivity index is 0.0000000997. The second kappa shape index (κ2) is 24.5. The lowest BCUT2D eigenvalue weighted by Crippen LogP contribution is -2.30. The quantitative estimate of drug-likeness (QED) is 0.160. The standard InChI is InChI=1S/C21H17N2O2.2C21H17N2OS.C21H17N2S2/c1-12-10-16-18(11-15(12)17-6-4-5-9-23(17)3)24-19-14-8-7-13(2)22-21(14)25-20(16)19;1-12-7-9-14-18(17(12)16-6-4-5-11-23(16)3)24-19-15-10-8-13(2)22-21(15)25-20(14)19;1-12-10-16-18(11-15(12)17-6-4-5-9-23(17)3)25-20-14-8-7-13(2)22-21(14)24-19(16)20;1-12-7-9-14-18(17(12)16-6-4-5-11-23(16)3)24-20-15-10-8-13(2)22-21(15)25-19(14)20/h4*4-11H,1-3H3/q4*+1. The van der Waals surface area contributed by atoms with E-state index < -0.39 is 0 Å². The van der Waals surface area contributed by atoms with Crippen molar-refractivity contribution in [3.63, 3.8) is 0 Å². The Morgan fingerprint density at radius 3 is 1.37 bits per heavy atom. The summed E-state index contributed by atoms with van der Waals surface area (Å²) < 4.78 is 41.0. The number of hydrogen-bond donors (Lipinski definition) is 0. The van der Waals surface area contributed by atoms with Crippen LogP contribution in [0.4, 0.5) is 0 Å². The Kier molecular flexibility index (Phi) is 15.4. The molecule has 16 heterocycles. The number of hydrogen-bond acceptors (Lipinski definition) is 12. The van der Waals surface area contributed by atoms with Gasteiger partial charge in [0.05, 0.1) is 67.3 Å². The van der Waals surface area contributed by atoms with E-state index in [-0.39, 0.29) is 0 Å². The number of fused-ring (bicyclic) bond motifs is 20. The van der Waals surface area contributed by atoms with Crippen LogP contribution in [0.5, 0.6) is 0 Å². The van der Waals surface area contributed by atoms with Gasteiger partial charge in [0.1, 0.15) is 49.0 Å². The average Bonchev–Trinajstić information content (AvgIpc) is 1.59. The largest absolute Gasteiger partial charge is 0.454 e. The number of furan rings is 4. The summed E-state index contributed by atoms with van der Waals surface area (Å²) >= 11 is 7.22. The van der Waals surface area contributed by atoms with Crippen LogP contribution < -0.4 is 18.3 Å². The van der Waals surface area contributed by atoms with Crippen LogP contribution in [-0.2, 0) is 28.2 Å². The molecule has 0 saturated heterocycles. The molecule has 0 amide bonds. The van der Waals surface area contributed by atoms with Crippen molar-refractivity contribution in [1.82, 2.24) is 19.9 Å². The minimum absolute atomic E-state index is 0.631. The highest BCUT2D eigenvalue weighted by Crippen LogP contribution is 2.49. The second-order valence-corrected chi connectivity index (χ2v) is 30.1. The normalized spacial score (nSPS) is 11.8. The maximum absolute atomic E-state index is 6.42. The zero-order valence-corrected chi connectivity index (χ0v) is 60.6. The van der Waals surface area contributed by atoms with Crippen molar-refractivity contribution in [3.8, 4) is 45.0 Å². The Morgan fingerprint density at radius 1 is 0.290 bits per heavy atom. The molecule has 488 valence electrons. The molecule has 0 aliphatic carbocycles. The Hall–Kier alpha value is -10.9. The minimum atomic E-state index is 0.631. The molecule has 12 nitrogen and oxygen atoms in total. The van der Waals surface area contributed by atoms with Gasteiger partial charge < -0.3 is 17.7 Å². The zero-order chi connectivity index (χ0) is 68.5. The summed E-state index contributed by atoms with van der Waals surface area (Å²) in [4.78, 5) is 20.6. The van der Waals surface area contributed by atoms with Gasteiger partial charge in [0.25, 0.3) is 0 Å². The third-order valence-corrected chi connectivity index (χ3v) is 23.9. The number of thiophene rings is 4. The summed E-state index contributed by atoms with van der Waals surface area (Å²) in [6.45, 7) is 16.7. The summed E-state index contributed by atoms with van der Waals surface area (Å²) in [6.07, 6.45) is 8.32. The zero-order valence-electron chi connectivity index (χ0n) is 57.3. The lowest BCUT2D eigenvalue weighted by atomic mass is 10.0. The highest BCUT2D eigenvalue weighted by molar-refractivity contribution is 7.36. The highest BCUT2D eigenvalue weighted by Gasteiger charge is 2.26. The van der Waals surface area contributed by atoms with Crippen LogP contribution in [0.1, 0.15) is 45.0 Å². The van der Waals surface area contributed by atoms with Gasteiger partial charge in [-0.3, -0.25) is 0 Å². The van der Waals surface area contributed by atoms with E-state index in [1.54, 1.807) is 22.7 Å². The summed E-state index contributed by atoms with van der Waals surface area (Å²) in [5.41, 5.74) is 25.3. The van der Waals surface area contributed by atoms with Gasteiger partial charge in [-0.2, -0.15) is 0 Å². The van der Waals surface area contributed by atoms with Crippen molar-refractivity contribution in [2.45, 2.75) is 55.4 Å². The molecule has 0 fully saturated rings. The Labute approximate surface area is 591 Å². The molecule has 20 aromatic rings. The van der Waals surface area contributed by atoms with E-state index in [0.717, 1.165) is 116 Å². The van der Waals surface area contributed by atoms with Gasteiger partial charge in [-0.1, -0.05) is 18.2 Å². The van der Waals surface area contributed by atoms with Crippen molar-refractivity contribution in [1.29, 1.82) is 0 Å². The average molecular weight is 1380 g/mol. The third kappa shape index (κ3) is 10.6. The van der Waals surface area contributed by atoms with Crippen LogP contribution in [0.15, 0.2) is 212 Å². The predicted molar refractivity (Wildman–Crippen MR) is 412 cm³/mol. The molecule has 16 heteroatoms. The van der Waals surface area contributed by atoms with E-state index in [4.69, 9.17) is 22.7 Å². The lowest BCUT2D eigenvalue weighted by molar-refractivity contribution is -0.660. The molecular weight excluding hydrogens is 1310 g/mol. The summed E-state index contributed by atoms with van der Waals surface area (Å²) in [6, 6.07) is 59.4. The van der Waals surface area contributed by atoms with E-state index in [0.29, 0.717) is 5.71 Å². The van der Waals surface area contributed by atoms with E-state index in [9.17, 15) is 0 Å². The highest BCUT2D eigenvalue weighted by atomic mass is 32.1. The number of rotatable bonds is 4. The molecule has 16 aromatic heterocycles. The molecule has 0 unspecified atom stereocenters. The van der Waals surface area contributed by atoms with Gasteiger partial charge in [-0.05, 0) is 181 Å². The molecule has 100 heavy (non-hydrogen) atoms. The van der Waals surface area contributed by atoms with E-state index >= 15 is 0 Å². The fraction of sp³-hybridized carbons (Fsp3) is 0.143. The minimum Gasteiger partial charge on any atom is -0.454 e. The molecule has 0 aliphatic heterocycles. The molecule has 20 rings (SSSR count). The van der Waals surface area contributed by atoms with Gasteiger partial charge in [-0.15, -0.1) is 45.3 Å². The molecule has 0 atom stereocenters. The van der Waals surface area contributed by atoms with Crippen molar-refractivity contribution in [2.24, 2.45) is 28.2 Å². The number of benzene rings is 4. The topological polar surface area (TPSA) is 120 Å². The van der Waals surface area contributed by atoms with Crippen LogP contribution in [-0.4, -0.2) is 19.9 Å². The predicted octanol–water partition coefficient (Wildman–Crippen LogP) is 21.2. The Morgan fingerprint density at radius 2 is 0.740 bits per heavy atom. The number of aromatic nitrogens is 8. The molecule has 0 spiro atoms. The van der Waals surface area contributed by atoms with Gasteiger partial charge in [0, 0.05) is 97.6 Å². The SMILES string of the molecule is Cc1ccc2c(n1)oc1c3cc(C)c(-c4cccc[n+]4C)cc3oc21.Cc1ccc2c(n1)oc1c3cc(C)c(-c4cccc[n+]4C)cc3sc21.Cc1ccc2c(n1)sc1c3ccc(C)c(-c4cccc[n+]4C)c3oc21.Cc1ccc2c(n1)sc1c3ccc(C)c(-c4cccc[n+]4C)c3sc21. The maximum Gasteiger partial charge on any atom is 0.230 e. The van der Waals surface area contributed by atoms with Crippen molar-refractivity contribution < 1.29 is 35.9 Å². The van der Waals surface area contributed by atoms with Gasteiger partial charge in [-0.25, -0.2) is 38.2 Å². The molecular formula is C84H68N8O4S4+4. The summed E-state index contributed by atoms with van der Waals surface area (Å²) in [5.74, 6) is 0. The lowest BCUT2D eigenvalue weighted by Gasteiger charge is -2.05. The van der Waals surface area contributed by atoms with Gasteiger partial charge >= 0.3 is 0 Å². The maximum atomic E-state index is 6.42. The number of pyridine rings is 8. The Bertz CT molecular complexity index is 6330. The van der Waals surface area contributed by atoms with Gasteiger partial charge in [0.2, 0.25) is 34.2 Å². The van der Waals surface area contributed by atoms with Crippen LogP contribution >= 0.6 is 45.3 Å². The monoisotopic (exact) mass is 1380 g/mol. The smallest absolute Gasteiger partial charge is 0.230 e. The molecule has 0 radical (unpaired) electrons. The van der Waals surface area contributed by atoms with Crippen molar-refractivity contribution in [3.05, 3.63) is 240 Å². The van der Waals surface area contributed by atoms with Crippen LogP contribution in [0.25, 0.3) is 171 Å². The first-order chi connectivity index (χ1) is 48.5. The van der Waals surface area contributed by atoms with Gasteiger partial charge in [0.15, 0.2) is 47.1 Å². The second-order valence-electron chi connectivity index (χ2n) is 26.1. The first kappa shape index (κ1) is 62.6. The fourth-order valence-corrected chi connectivity index (χ4v) is 19.1. The summed E-state index contributed by atoms with van der Waals surface area (Å²) in [7, 11) is 8.32. The third-order valence-electron chi connectivity index (χ3n) is 19.1. The van der Waals surface area contributed by atoms with Crippen molar-refractivity contribution >= 4 is 171 Å². The first-order valence-electron chi connectivity index (χ1n) is 33.2. The van der Waals surface area contributed by atoms with Crippen LogP contribution in [0.2, 0.25) is 0 Å². The summed E-state index contributed by atoms with van der Waals surface area (Å²) in [5, 5.41) is 9.09. The number of nitrogens with zero attached hydrogens (tertiary/aromatic N) is 8. The molecule has 0 saturated carbocycles. The van der Waals surface area contributed by atoms with E-state index in [1.165, 1.54) is 94.5 Å².